The molecule has 2 aromatic carbocycles. The molecule has 1 heterocycles. The second-order valence-electron chi connectivity index (χ2n) is 7.29. The number of para-hydroxylation sites is 2. The third-order valence-electron chi connectivity index (χ3n) is 4.43. The number of H-pyrrole nitrogens is 1. The van der Waals surface area contributed by atoms with Crippen LogP contribution in [0.2, 0.25) is 0 Å². The first-order valence-corrected chi connectivity index (χ1v) is 9.95. The van der Waals surface area contributed by atoms with Gasteiger partial charge in [-0.1, -0.05) is 24.3 Å². The molecule has 164 valence electrons. The van der Waals surface area contributed by atoms with Crippen LogP contribution in [0.5, 0.6) is 0 Å². The number of aliphatic hydroxyl groups excluding tert-OH is 1. The number of hydrogen-bond donors (Lipinski definition) is 4. The molecule has 0 aliphatic rings. The van der Waals surface area contributed by atoms with Crippen molar-refractivity contribution in [3.05, 3.63) is 71.2 Å². The van der Waals surface area contributed by atoms with Gasteiger partial charge in [-0.25, -0.2) is 14.6 Å². The second-order valence-corrected chi connectivity index (χ2v) is 7.29. The van der Waals surface area contributed by atoms with Crippen molar-refractivity contribution in [3.63, 3.8) is 0 Å². The second kappa shape index (κ2) is 10.1. The van der Waals surface area contributed by atoms with Crippen molar-refractivity contribution in [1.29, 1.82) is 5.26 Å². The van der Waals surface area contributed by atoms with Crippen molar-refractivity contribution in [1.82, 2.24) is 20.6 Å². The van der Waals surface area contributed by atoms with Crippen molar-refractivity contribution in [2.24, 2.45) is 0 Å². The van der Waals surface area contributed by atoms with E-state index in [0.717, 1.165) is 11.1 Å². The fourth-order valence-electron chi connectivity index (χ4n) is 2.87. The number of nitriles is 1. The van der Waals surface area contributed by atoms with E-state index in [4.69, 9.17) is 4.74 Å². The number of benzene rings is 2. The topological polar surface area (TPSA) is 140 Å². The van der Waals surface area contributed by atoms with E-state index in [1.807, 2.05) is 32.0 Å². The van der Waals surface area contributed by atoms with Crippen LogP contribution in [0.1, 0.15) is 35.6 Å². The minimum absolute atomic E-state index is 0.0333. The summed E-state index contributed by atoms with van der Waals surface area (Å²) in [5.41, 5.74) is 2.35. The minimum Gasteiger partial charge on any atom is -0.507 e. The molecule has 0 aliphatic carbocycles. The highest BCUT2D eigenvalue weighted by atomic mass is 16.5. The van der Waals surface area contributed by atoms with Gasteiger partial charge in [-0.05, 0) is 43.7 Å². The molecule has 4 N–H and O–H groups in total. The Morgan fingerprint density at radius 1 is 1.19 bits per heavy atom. The third kappa shape index (κ3) is 5.64. The van der Waals surface area contributed by atoms with Crippen molar-refractivity contribution < 1.29 is 19.4 Å². The number of nitrogens with zero attached hydrogens (tertiary/aromatic N) is 2. The number of amides is 2. The molecule has 9 nitrogen and oxygen atoms in total. The molecule has 0 atom stereocenters. The number of imidazole rings is 1. The number of hydrogen-bond acceptors (Lipinski definition) is 6. The number of rotatable bonds is 7. The maximum absolute atomic E-state index is 12.3. The van der Waals surface area contributed by atoms with E-state index in [2.05, 4.69) is 20.6 Å². The SMILES string of the molecule is CC(C)NC(=O)NCc1ccc(C(=O)OC/C(O)=C(\C#N)c2nc3ccccc3[nH]2)cc1. The van der Waals surface area contributed by atoms with E-state index in [9.17, 15) is 20.0 Å². The van der Waals surface area contributed by atoms with Gasteiger partial charge in [-0.3, -0.25) is 0 Å². The molecular weight excluding hydrogens is 410 g/mol. The fourth-order valence-corrected chi connectivity index (χ4v) is 2.87. The van der Waals surface area contributed by atoms with Crippen LogP contribution in [0.15, 0.2) is 54.3 Å². The van der Waals surface area contributed by atoms with E-state index in [0.29, 0.717) is 12.1 Å². The zero-order chi connectivity index (χ0) is 23.1. The van der Waals surface area contributed by atoms with Gasteiger partial charge in [0.05, 0.1) is 16.6 Å². The van der Waals surface area contributed by atoms with E-state index >= 15 is 0 Å². The van der Waals surface area contributed by atoms with E-state index in [-0.39, 0.29) is 29.0 Å². The van der Waals surface area contributed by atoms with Gasteiger partial charge in [0.25, 0.3) is 0 Å². The molecule has 0 saturated carbocycles. The van der Waals surface area contributed by atoms with Crippen LogP contribution in [-0.4, -0.2) is 39.7 Å². The standard InChI is InChI=1S/C23H23N5O4/c1-14(2)26-23(31)25-12-15-7-9-16(10-8-15)22(30)32-13-20(29)17(11-24)21-27-18-5-3-4-6-19(18)28-21/h3-10,14,29H,12-13H2,1-2H3,(H,27,28)(H2,25,26,31)/b20-17-. The van der Waals surface area contributed by atoms with Gasteiger partial charge in [0.15, 0.2) is 11.6 Å². The molecule has 32 heavy (non-hydrogen) atoms. The lowest BCUT2D eigenvalue weighted by atomic mass is 10.1. The Balaban J connectivity index is 1.60. The summed E-state index contributed by atoms with van der Waals surface area (Å²) in [7, 11) is 0. The molecule has 0 bridgehead atoms. The molecule has 3 aromatic rings. The predicted octanol–water partition coefficient (Wildman–Crippen LogP) is 3.42. The van der Waals surface area contributed by atoms with Crippen molar-refractivity contribution in [2.45, 2.75) is 26.4 Å². The number of aromatic amines is 1. The number of urea groups is 1. The van der Waals surface area contributed by atoms with Crippen LogP contribution in [0.3, 0.4) is 0 Å². The molecule has 0 fully saturated rings. The first-order valence-electron chi connectivity index (χ1n) is 9.95. The molecule has 3 rings (SSSR count). The highest BCUT2D eigenvalue weighted by Gasteiger charge is 2.15. The zero-order valence-corrected chi connectivity index (χ0v) is 17.7. The first kappa shape index (κ1) is 22.4. The van der Waals surface area contributed by atoms with Crippen LogP contribution in [0.25, 0.3) is 16.6 Å². The summed E-state index contributed by atoms with van der Waals surface area (Å²) in [6, 6.07) is 15.4. The van der Waals surface area contributed by atoms with Gasteiger partial charge in [0.1, 0.15) is 18.2 Å². The van der Waals surface area contributed by atoms with Crippen LogP contribution in [0.4, 0.5) is 4.79 Å². The van der Waals surface area contributed by atoms with Crippen molar-refractivity contribution in [2.75, 3.05) is 6.61 Å². The number of esters is 1. The Morgan fingerprint density at radius 3 is 2.56 bits per heavy atom. The first-order chi connectivity index (χ1) is 15.4. The Morgan fingerprint density at radius 2 is 1.91 bits per heavy atom. The van der Waals surface area contributed by atoms with Crippen LogP contribution >= 0.6 is 0 Å². The molecular formula is C23H23N5O4. The maximum Gasteiger partial charge on any atom is 0.338 e. The van der Waals surface area contributed by atoms with Crippen LogP contribution in [-0.2, 0) is 11.3 Å². The average molecular weight is 433 g/mol. The largest absolute Gasteiger partial charge is 0.507 e. The molecule has 0 unspecified atom stereocenters. The summed E-state index contributed by atoms with van der Waals surface area (Å²) >= 11 is 0. The Kier molecular flexibility index (Phi) is 7.08. The Labute approximate surface area is 184 Å². The summed E-state index contributed by atoms with van der Waals surface area (Å²) in [4.78, 5) is 31.2. The molecule has 0 radical (unpaired) electrons. The highest BCUT2D eigenvalue weighted by molar-refractivity contribution is 5.90. The normalized spacial score (nSPS) is 11.6. The molecule has 0 aliphatic heterocycles. The van der Waals surface area contributed by atoms with Gasteiger partial charge in [-0.15, -0.1) is 0 Å². The summed E-state index contributed by atoms with van der Waals surface area (Å²) in [6.07, 6.45) is 0. The highest BCUT2D eigenvalue weighted by Crippen LogP contribution is 2.19. The summed E-state index contributed by atoms with van der Waals surface area (Å²) in [5, 5.41) is 25.1. The minimum atomic E-state index is -0.657. The van der Waals surface area contributed by atoms with Crippen molar-refractivity contribution in [3.8, 4) is 6.07 Å². The van der Waals surface area contributed by atoms with Crippen LogP contribution in [0, 0.1) is 11.3 Å². The van der Waals surface area contributed by atoms with Gasteiger partial charge in [0, 0.05) is 12.6 Å². The molecule has 2 amide bonds. The number of allylic oxidation sites excluding steroid dienone is 1. The summed E-state index contributed by atoms with van der Waals surface area (Å²) in [5.74, 6) is -0.868. The summed E-state index contributed by atoms with van der Waals surface area (Å²) < 4.78 is 5.13. The zero-order valence-electron chi connectivity index (χ0n) is 17.7. The molecule has 9 heteroatoms. The lowest BCUT2D eigenvalue weighted by Gasteiger charge is -2.10. The number of ether oxygens (including phenoxy) is 1. The lowest BCUT2D eigenvalue weighted by molar-refractivity contribution is 0.0502. The maximum atomic E-state index is 12.3. The summed E-state index contributed by atoms with van der Waals surface area (Å²) in [6.45, 7) is 3.56. The predicted molar refractivity (Wildman–Crippen MR) is 118 cm³/mol. The Bertz CT molecular complexity index is 1160. The van der Waals surface area contributed by atoms with Gasteiger partial charge in [0.2, 0.25) is 0 Å². The number of aliphatic hydroxyl groups is 1. The van der Waals surface area contributed by atoms with Gasteiger partial charge in [-0.2, -0.15) is 5.26 Å². The van der Waals surface area contributed by atoms with Gasteiger partial charge < -0.3 is 25.5 Å². The van der Waals surface area contributed by atoms with Crippen LogP contribution < -0.4 is 10.6 Å². The van der Waals surface area contributed by atoms with Gasteiger partial charge >= 0.3 is 12.0 Å². The number of aromatic nitrogens is 2. The quantitative estimate of drug-likeness (QED) is 0.256. The number of fused-ring (bicyclic) bond motifs is 1. The Hall–Kier alpha value is -4.32. The van der Waals surface area contributed by atoms with Crippen molar-refractivity contribution >= 4 is 28.6 Å². The molecule has 0 spiro atoms. The smallest absolute Gasteiger partial charge is 0.338 e. The van der Waals surface area contributed by atoms with E-state index in [1.165, 1.54) is 0 Å². The number of carbonyl (C=O) groups is 2. The monoisotopic (exact) mass is 433 g/mol. The van der Waals surface area contributed by atoms with E-state index in [1.54, 1.807) is 36.4 Å². The number of nitrogens with one attached hydrogen (secondary N) is 3. The third-order valence-corrected chi connectivity index (χ3v) is 4.43. The lowest BCUT2D eigenvalue weighted by Crippen LogP contribution is -2.39. The van der Waals surface area contributed by atoms with E-state index < -0.39 is 18.3 Å². The molecule has 0 saturated heterocycles. The average Bonchev–Trinajstić information content (AvgIpc) is 3.20. The number of carbonyl (C=O) groups excluding carboxylic acids is 2. The molecule has 1 aromatic heterocycles. The fraction of sp³-hybridized carbons (Fsp3) is 0.217.